The Morgan fingerprint density at radius 1 is 1.45 bits per heavy atom. The van der Waals surface area contributed by atoms with Crippen LogP contribution in [0.1, 0.15) is 0 Å². The molecule has 0 saturated heterocycles. The Balaban J connectivity index is 2.86. The van der Waals surface area contributed by atoms with Crippen molar-refractivity contribution in [3.63, 3.8) is 0 Å². The Morgan fingerprint density at radius 3 is 2.64 bits per heavy atom. The van der Waals surface area contributed by atoms with Gasteiger partial charge in [-0.15, -0.1) is 0 Å². The number of para-hydroxylation sites is 2. The summed E-state index contributed by atoms with van der Waals surface area (Å²) in [5.41, 5.74) is 0.494. The largest absolute Gasteiger partial charge is 0.506 e. The molecule has 1 rings (SSSR count). The highest BCUT2D eigenvalue weighted by Gasteiger charge is 1.97. The molecule has 0 saturated carbocycles. The quantitative estimate of drug-likeness (QED) is 0.654. The van der Waals surface area contributed by atoms with E-state index < -0.39 is 11.0 Å². The molecule has 0 fully saturated rings. The molecular formula is C7H9NO2S. The van der Waals surface area contributed by atoms with Crippen molar-refractivity contribution in [2.24, 2.45) is 0 Å². The monoisotopic (exact) mass is 171 g/mol. The lowest BCUT2D eigenvalue weighted by molar-refractivity contribution is 0.478. The number of benzene rings is 1. The van der Waals surface area contributed by atoms with Gasteiger partial charge in [-0.1, -0.05) is 12.1 Å². The molecule has 11 heavy (non-hydrogen) atoms. The summed E-state index contributed by atoms with van der Waals surface area (Å²) >= 11 is 0. The van der Waals surface area contributed by atoms with Gasteiger partial charge in [-0.3, -0.25) is 0 Å². The summed E-state index contributed by atoms with van der Waals surface area (Å²) in [5, 5.41) is 9.16. The van der Waals surface area contributed by atoms with Crippen molar-refractivity contribution in [2.75, 3.05) is 11.0 Å². The van der Waals surface area contributed by atoms with E-state index in [9.17, 15) is 4.21 Å². The van der Waals surface area contributed by atoms with Crippen molar-refractivity contribution < 1.29 is 9.32 Å². The number of hydrogen-bond donors (Lipinski definition) is 2. The third kappa shape index (κ3) is 2.23. The van der Waals surface area contributed by atoms with Crippen molar-refractivity contribution in [1.82, 2.24) is 0 Å². The summed E-state index contributed by atoms with van der Waals surface area (Å²) in [6.45, 7) is 0. The minimum absolute atomic E-state index is 0.114. The average molecular weight is 171 g/mol. The molecule has 0 spiro atoms. The zero-order chi connectivity index (χ0) is 8.27. The predicted molar refractivity (Wildman–Crippen MR) is 45.8 cm³/mol. The first-order valence-electron chi connectivity index (χ1n) is 3.08. The lowest BCUT2D eigenvalue weighted by Gasteiger charge is -2.02. The summed E-state index contributed by atoms with van der Waals surface area (Å²) in [4.78, 5) is 0. The van der Waals surface area contributed by atoms with Crippen LogP contribution in [0.3, 0.4) is 0 Å². The Hall–Kier alpha value is -1.03. The van der Waals surface area contributed by atoms with E-state index in [2.05, 4.69) is 4.72 Å². The van der Waals surface area contributed by atoms with Crippen LogP contribution in [0, 0.1) is 0 Å². The van der Waals surface area contributed by atoms with Crippen molar-refractivity contribution in [2.45, 2.75) is 0 Å². The summed E-state index contributed by atoms with van der Waals surface area (Å²) in [6, 6.07) is 6.67. The Kier molecular flexibility index (Phi) is 2.48. The maximum absolute atomic E-state index is 10.7. The second-order valence-electron chi connectivity index (χ2n) is 2.07. The lowest BCUT2D eigenvalue weighted by Crippen LogP contribution is -2.00. The third-order valence-corrected chi connectivity index (χ3v) is 1.67. The number of hydrogen-bond acceptors (Lipinski definition) is 2. The second kappa shape index (κ2) is 3.39. The minimum Gasteiger partial charge on any atom is -0.506 e. The van der Waals surface area contributed by atoms with Crippen molar-refractivity contribution in [3.05, 3.63) is 24.3 Å². The fourth-order valence-electron chi connectivity index (χ4n) is 0.715. The molecule has 0 aliphatic heterocycles. The maximum atomic E-state index is 10.7. The highest BCUT2D eigenvalue weighted by atomic mass is 32.2. The van der Waals surface area contributed by atoms with Crippen LogP contribution in [0.5, 0.6) is 5.75 Å². The van der Waals surface area contributed by atoms with E-state index >= 15 is 0 Å². The average Bonchev–Trinajstić information content (AvgIpc) is 1.93. The van der Waals surface area contributed by atoms with Crippen LogP contribution < -0.4 is 4.72 Å². The minimum atomic E-state index is -1.14. The Labute approximate surface area is 67.7 Å². The highest BCUT2D eigenvalue weighted by molar-refractivity contribution is 7.85. The van der Waals surface area contributed by atoms with Crippen molar-refractivity contribution in [1.29, 1.82) is 0 Å². The molecule has 1 aromatic carbocycles. The van der Waals surface area contributed by atoms with E-state index in [0.29, 0.717) is 5.69 Å². The van der Waals surface area contributed by atoms with Gasteiger partial charge in [0.15, 0.2) is 0 Å². The van der Waals surface area contributed by atoms with Crippen LogP contribution in [0.15, 0.2) is 24.3 Å². The number of phenolic OH excluding ortho intramolecular Hbond substituents is 1. The smallest absolute Gasteiger partial charge is 0.139 e. The standard InChI is InChI=1S/C7H9NO2S/c1-11(10)8-6-4-2-3-5-7(6)9/h2-5,8-9H,1H3. The summed E-state index contributed by atoms with van der Waals surface area (Å²) in [7, 11) is -1.14. The molecule has 2 N–H and O–H groups in total. The molecule has 1 aromatic rings. The molecule has 0 aliphatic carbocycles. The van der Waals surface area contributed by atoms with Gasteiger partial charge in [-0.05, 0) is 12.1 Å². The normalized spacial score (nSPS) is 12.5. The number of anilines is 1. The molecule has 1 unspecified atom stereocenters. The van der Waals surface area contributed by atoms with Crippen LogP contribution >= 0.6 is 0 Å². The summed E-state index contributed by atoms with van der Waals surface area (Å²) < 4.78 is 13.2. The highest BCUT2D eigenvalue weighted by Crippen LogP contribution is 2.21. The van der Waals surface area contributed by atoms with E-state index in [1.54, 1.807) is 18.2 Å². The van der Waals surface area contributed by atoms with Gasteiger partial charge in [-0.25, -0.2) is 4.21 Å². The van der Waals surface area contributed by atoms with E-state index in [0.717, 1.165) is 0 Å². The molecule has 3 nitrogen and oxygen atoms in total. The van der Waals surface area contributed by atoms with Gasteiger partial charge in [-0.2, -0.15) is 0 Å². The first kappa shape index (κ1) is 8.07. The zero-order valence-electron chi connectivity index (χ0n) is 6.07. The molecule has 1 atom stereocenters. The van der Waals surface area contributed by atoms with Crippen LogP contribution in [0.2, 0.25) is 0 Å². The first-order valence-corrected chi connectivity index (χ1v) is 4.64. The number of nitrogens with one attached hydrogen (secondary N) is 1. The lowest BCUT2D eigenvalue weighted by atomic mass is 10.3. The van der Waals surface area contributed by atoms with Crippen LogP contribution in [0.4, 0.5) is 5.69 Å². The fraction of sp³-hybridized carbons (Fsp3) is 0.143. The van der Waals surface area contributed by atoms with Crippen molar-refractivity contribution in [3.8, 4) is 5.75 Å². The van der Waals surface area contributed by atoms with Gasteiger partial charge < -0.3 is 9.83 Å². The Bertz CT molecular complexity index is 275. The van der Waals surface area contributed by atoms with E-state index in [1.807, 2.05) is 0 Å². The summed E-state index contributed by atoms with van der Waals surface area (Å²) in [6.07, 6.45) is 1.51. The number of phenols is 1. The van der Waals surface area contributed by atoms with Crippen LogP contribution in [0.25, 0.3) is 0 Å². The van der Waals surface area contributed by atoms with E-state index in [1.165, 1.54) is 12.3 Å². The third-order valence-electron chi connectivity index (χ3n) is 1.16. The molecule has 4 heteroatoms. The second-order valence-corrected chi connectivity index (χ2v) is 3.19. The SMILES string of the molecule is CS(=O)Nc1ccccc1O. The number of aromatic hydroxyl groups is 1. The molecule has 0 amide bonds. The maximum Gasteiger partial charge on any atom is 0.139 e. The van der Waals surface area contributed by atoms with Crippen molar-refractivity contribution >= 4 is 16.7 Å². The molecule has 0 aliphatic rings. The Morgan fingerprint density at radius 2 is 2.09 bits per heavy atom. The molecule has 60 valence electrons. The van der Waals surface area contributed by atoms with E-state index in [4.69, 9.17) is 5.11 Å². The predicted octanol–water partition coefficient (Wildman–Crippen LogP) is 1.10. The fourth-order valence-corrected chi connectivity index (χ4v) is 1.20. The first-order chi connectivity index (χ1) is 5.20. The van der Waals surface area contributed by atoms with Gasteiger partial charge in [0.1, 0.15) is 16.7 Å². The van der Waals surface area contributed by atoms with Gasteiger partial charge in [0.25, 0.3) is 0 Å². The van der Waals surface area contributed by atoms with Gasteiger partial charge in [0.05, 0.1) is 5.69 Å². The molecule has 0 heterocycles. The molecule has 0 bridgehead atoms. The number of rotatable bonds is 2. The summed E-state index contributed by atoms with van der Waals surface area (Å²) in [5.74, 6) is 0.114. The topological polar surface area (TPSA) is 49.3 Å². The molecule has 0 radical (unpaired) electrons. The zero-order valence-corrected chi connectivity index (χ0v) is 6.89. The molecule has 0 aromatic heterocycles. The molecular weight excluding hydrogens is 162 g/mol. The van der Waals surface area contributed by atoms with E-state index in [-0.39, 0.29) is 5.75 Å². The van der Waals surface area contributed by atoms with Gasteiger partial charge in [0.2, 0.25) is 0 Å². The van der Waals surface area contributed by atoms with Crippen LogP contribution in [-0.4, -0.2) is 15.6 Å². The van der Waals surface area contributed by atoms with Gasteiger partial charge in [0, 0.05) is 6.26 Å². The van der Waals surface area contributed by atoms with Crippen LogP contribution in [-0.2, 0) is 11.0 Å². The van der Waals surface area contributed by atoms with Gasteiger partial charge >= 0.3 is 0 Å².